The number of nitrogens with zero attached hydrogens (tertiary/aromatic N) is 1. The number of ether oxygens (including phenoxy) is 1. The van der Waals surface area contributed by atoms with Gasteiger partial charge in [0.2, 0.25) is 0 Å². The van der Waals surface area contributed by atoms with E-state index in [2.05, 4.69) is 0 Å². The molecule has 3 nitrogen and oxygen atoms in total. The summed E-state index contributed by atoms with van der Waals surface area (Å²) >= 11 is 1.52. The second-order valence-electron chi connectivity index (χ2n) is 3.37. The molecule has 2 rings (SSSR count). The van der Waals surface area contributed by atoms with Crippen LogP contribution in [0.3, 0.4) is 0 Å². The van der Waals surface area contributed by atoms with Crippen LogP contribution in [-0.4, -0.2) is 5.97 Å². The smallest absolute Gasteiger partial charge is 0.316 e. The van der Waals surface area contributed by atoms with Gasteiger partial charge in [-0.2, -0.15) is 5.26 Å². The van der Waals surface area contributed by atoms with Crippen molar-refractivity contribution < 1.29 is 9.53 Å². The molecule has 2 aromatic rings. The molecule has 0 saturated carbocycles. The third-order valence-corrected chi connectivity index (χ3v) is 2.99. The molecule has 0 atom stereocenters. The fourth-order valence-corrected chi connectivity index (χ4v) is 2.01. The highest BCUT2D eigenvalue weighted by atomic mass is 32.1. The molecule has 17 heavy (non-hydrogen) atoms. The van der Waals surface area contributed by atoms with Crippen LogP contribution in [0.5, 0.6) is 5.75 Å². The SMILES string of the molecule is N#Cc1ccc(OC(=O)Cc2cccs2)cc1. The van der Waals surface area contributed by atoms with Crippen LogP contribution < -0.4 is 4.74 Å². The largest absolute Gasteiger partial charge is 0.426 e. The van der Waals surface area contributed by atoms with Gasteiger partial charge in [-0.15, -0.1) is 11.3 Å². The lowest BCUT2D eigenvalue weighted by Gasteiger charge is -2.02. The van der Waals surface area contributed by atoms with Gasteiger partial charge >= 0.3 is 5.97 Å². The van der Waals surface area contributed by atoms with E-state index in [0.717, 1.165) is 4.88 Å². The van der Waals surface area contributed by atoms with E-state index in [0.29, 0.717) is 11.3 Å². The monoisotopic (exact) mass is 243 g/mol. The van der Waals surface area contributed by atoms with Crippen molar-refractivity contribution in [1.29, 1.82) is 5.26 Å². The average molecular weight is 243 g/mol. The number of nitriles is 1. The van der Waals surface area contributed by atoms with Crippen LogP contribution in [0.2, 0.25) is 0 Å². The summed E-state index contributed by atoms with van der Waals surface area (Å²) in [6.45, 7) is 0. The van der Waals surface area contributed by atoms with E-state index < -0.39 is 0 Å². The van der Waals surface area contributed by atoms with Gasteiger partial charge in [-0.05, 0) is 35.7 Å². The molecule has 0 amide bonds. The molecule has 0 aliphatic rings. The van der Waals surface area contributed by atoms with E-state index >= 15 is 0 Å². The zero-order valence-electron chi connectivity index (χ0n) is 8.92. The van der Waals surface area contributed by atoms with Crippen LogP contribution in [-0.2, 0) is 11.2 Å². The molecular formula is C13H9NO2S. The van der Waals surface area contributed by atoms with E-state index in [9.17, 15) is 4.79 Å². The Morgan fingerprint density at radius 2 is 2.06 bits per heavy atom. The average Bonchev–Trinajstić information content (AvgIpc) is 2.82. The van der Waals surface area contributed by atoms with Gasteiger partial charge in [-0.3, -0.25) is 4.79 Å². The second kappa shape index (κ2) is 5.28. The standard InChI is InChI=1S/C13H9NO2S/c14-9-10-3-5-11(6-4-10)16-13(15)8-12-2-1-7-17-12/h1-7H,8H2. The Bertz CT molecular complexity index is 538. The number of carbonyl (C=O) groups is 1. The molecule has 1 aromatic carbocycles. The van der Waals surface area contributed by atoms with Crippen molar-refractivity contribution in [1.82, 2.24) is 0 Å². The topological polar surface area (TPSA) is 50.1 Å². The quantitative estimate of drug-likeness (QED) is 0.615. The Hall–Kier alpha value is -2.12. The number of thiophene rings is 1. The van der Waals surface area contributed by atoms with Crippen molar-refractivity contribution in [2.75, 3.05) is 0 Å². The molecule has 0 fully saturated rings. The zero-order valence-corrected chi connectivity index (χ0v) is 9.74. The first-order valence-electron chi connectivity index (χ1n) is 5.01. The maximum absolute atomic E-state index is 11.6. The molecule has 0 unspecified atom stereocenters. The van der Waals surface area contributed by atoms with Gasteiger partial charge in [0.25, 0.3) is 0 Å². The van der Waals surface area contributed by atoms with Gasteiger partial charge in [-0.1, -0.05) is 6.07 Å². The first-order chi connectivity index (χ1) is 8.28. The molecule has 1 heterocycles. The normalized spacial score (nSPS) is 9.59. The fourth-order valence-electron chi connectivity index (χ4n) is 1.32. The molecule has 0 aliphatic heterocycles. The maximum Gasteiger partial charge on any atom is 0.316 e. The van der Waals surface area contributed by atoms with Gasteiger partial charge in [0, 0.05) is 4.88 Å². The number of carbonyl (C=O) groups excluding carboxylic acids is 1. The Balaban J connectivity index is 1.96. The molecule has 1 aromatic heterocycles. The first kappa shape index (κ1) is 11.4. The highest BCUT2D eigenvalue weighted by Gasteiger charge is 2.06. The van der Waals surface area contributed by atoms with Crippen molar-refractivity contribution >= 4 is 17.3 Å². The number of rotatable bonds is 3. The van der Waals surface area contributed by atoms with Crippen LogP contribution in [0.25, 0.3) is 0 Å². The molecule has 0 N–H and O–H groups in total. The summed E-state index contributed by atoms with van der Waals surface area (Å²) in [5.74, 6) is 0.169. The zero-order chi connectivity index (χ0) is 12.1. The second-order valence-corrected chi connectivity index (χ2v) is 4.40. The first-order valence-corrected chi connectivity index (χ1v) is 5.89. The minimum absolute atomic E-state index is 0.275. The Morgan fingerprint density at radius 1 is 1.29 bits per heavy atom. The lowest BCUT2D eigenvalue weighted by Crippen LogP contribution is -2.10. The van der Waals surface area contributed by atoms with E-state index in [1.807, 2.05) is 23.6 Å². The summed E-state index contributed by atoms with van der Waals surface area (Å²) in [7, 11) is 0. The van der Waals surface area contributed by atoms with Crippen LogP contribution in [0, 0.1) is 11.3 Å². The van der Waals surface area contributed by atoms with Crippen LogP contribution >= 0.6 is 11.3 Å². The summed E-state index contributed by atoms with van der Waals surface area (Å²) in [5, 5.41) is 10.5. The van der Waals surface area contributed by atoms with Crippen molar-refractivity contribution in [3.8, 4) is 11.8 Å². The van der Waals surface area contributed by atoms with E-state index in [1.54, 1.807) is 24.3 Å². The summed E-state index contributed by atoms with van der Waals surface area (Å²) in [6.07, 6.45) is 0.275. The van der Waals surface area contributed by atoms with Crippen LogP contribution in [0.4, 0.5) is 0 Å². The van der Waals surface area contributed by atoms with Crippen LogP contribution in [0.15, 0.2) is 41.8 Å². The van der Waals surface area contributed by atoms with E-state index in [-0.39, 0.29) is 12.4 Å². The number of hydrogen-bond acceptors (Lipinski definition) is 4. The summed E-state index contributed by atoms with van der Waals surface area (Å²) in [6, 6.07) is 12.3. The Morgan fingerprint density at radius 3 is 2.65 bits per heavy atom. The lowest BCUT2D eigenvalue weighted by atomic mass is 10.2. The Labute approximate surface area is 103 Å². The Kier molecular flexibility index (Phi) is 3.53. The van der Waals surface area contributed by atoms with Gasteiger partial charge in [0.05, 0.1) is 18.1 Å². The summed E-state index contributed by atoms with van der Waals surface area (Å²) < 4.78 is 5.15. The minimum atomic E-state index is -0.294. The highest BCUT2D eigenvalue weighted by molar-refractivity contribution is 7.10. The van der Waals surface area contributed by atoms with Crippen molar-refractivity contribution in [2.24, 2.45) is 0 Å². The van der Waals surface area contributed by atoms with Crippen molar-refractivity contribution in [2.45, 2.75) is 6.42 Å². The van der Waals surface area contributed by atoms with Gasteiger partial charge in [-0.25, -0.2) is 0 Å². The van der Waals surface area contributed by atoms with E-state index in [1.165, 1.54) is 11.3 Å². The van der Waals surface area contributed by atoms with Crippen molar-refractivity contribution in [3.05, 3.63) is 52.2 Å². The minimum Gasteiger partial charge on any atom is -0.426 e. The number of hydrogen-bond donors (Lipinski definition) is 0. The number of esters is 1. The predicted molar refractivity (Wildman–Crippen MR) is 64.8 cm³/mol. The third kappa shape index (κ3) is 3.16. The highest BCUT2D eigenvalue weighted by Crippen LogP contribution is 2.14. The molecular weight excluding hydrogens is 234 g/mol. The summed E-state index contributed by atoms with van der Waals surface area (Å²) in [4.78, 5) is 12.5. The maximum atomic E-state index is 11.6. The van der Waals surface area contributed by atoms with Crippen molar-refractivity contribution in [3.63, 3.8) is 0 Å². The van der Waals surface area contributed by atoms with Gasteiger partial charge in [0.15, 0.2) is 0 Å². The van der Waals surface area contributed by atoms with Gasteiger partial charge in [0.1, 0.15) is 5.75 Å². The molecule has 0 radical (unpaired) electrons. The van der Waals surface area contributed by atoms with Gasteiger partial charge < -0.3 is 4.74 Å². The molecule has 0 saturated heterocycles. The molecule has 0 bridgehead atoms. The molecule has 4 heteroatoms. The third-order valence-electron chi connectivity index (χ3n) is 2.11. The predicted octanol–water partition coefficient (Wildman–Crippen LogP) is 2.77. The van der Waals surface area contributed by atoms with Crippen LogP contribution in [0.1, 0.15) is 10.4 Å². The molecule has 84 valence electrons. The molecule has 0 aliphatic carbocycles. The van der Waals surface area contributed by atoms with E-state index in [4.69, 9.17) is 10.00 Å². The summed E-state index contributed by atoms with van der Waals surface area (Å²) in [5.41, 5.74) is 0.544. The molecule has 0 spiro atoms. The lowest BCUT2D eigenvalue weighted by molar-refractivity contribution is -0.133. The number of benzene rings is 1. The fraction of sp³-hybridized carbons (Fsp3) is 0.0769.